The summed E-state index contributed by atoms with van der Waals surface area (Å²) in [5.41, 5.74) is 0.766. The van der Waals surface area contributed by atoms with Crippen molar-refractivity contribution < 1.29 is 9.90 Å². The monoisotopic (exact) mass is 444 g/mol. The molecule has 3 heterocycles. The van der Waals surface area contributed by atoms with Crippen molar-refractivity contribution in [2.75, 3.05) is 18.0 Å². The number of piperidine rings is 1. The normalized spacial score (nSPS) is 15.2. The van der Waals surface area contributed by atoms with E-state index in [1.54, 1.807) is 18.7 Å². The van der Waals surface area contributed by atoms with Gasteiger partial charge in [0.2, 0.25) is 5.13 Å². The smallest absolute Gasteiger partial charge is 0.355 e. The minimum absolute atomic E-state index is 0.123. The number of nitrogens with zero attached hydrogens (tertiary/aromatic N) is 4. The Hall–Kier alpha value is -1.06. The molecule has 0 atom stereocenters. The number of halogens is 1. The van der Waals surface area contributed by atoms with Crippen LogP contribution in [0.1, 0.15) is 49.3 Å². The van der Waals surface area contributed by atoms with E-state index in [1.165, 1.54) is 35.3 Å². The zero-order chi connectivity index (χ0) is 18.1. The summed E-state index contributed by atoms with van der Waals surface area (Å²) >= 11 is 6.63. The summed E-state index contributed by atoms with van der Waals surface area (Å²) in [6, 6.07) is 0. The Balaban J connectivity index is 2.07. The van der Waals surface area contributed by atoms with Gasteiger partial charge < -0.3 is 10.0 Å². The number of hydrogen-bond donors (Lipinski definition) is 1. The standard InChI is InChI=1S/C16H21BrN4O2S2/c1-9(2)24-15-13(20-7-5-4-6-8-20)18-16(25-15)21-12(14(22)23)11(17)10(3)19-21/h9H,4-8H2,1-3H3,(H,22,23). The molecule has 6 nitrogen and oxygen atoms in total. The molecule has 0 unspecified atom stereocenters. The SMILES string of the molecule is Cc1nn(-c2nc(N3CCCCC3)c(SC(C)C)s2)c(C(=O)O)c1Br. The van der Waals surface area contributed by atoms with E-state index >= 15 is 0 Å². The molecular formula is C16H21BrN4O2S2. The van der Waals surface area contributed by atoms with Gasteiger partial charge in [0.05, 0.1) is 10.2 Å². The second-order valence-electron chi connectivity index (χ2n) is 6.29. The van der Waals surface area contributed by atoms with Gasteiger partial charge in [-0.05, 0) is 42.1 Å². The van der Waals surface area contributed by atoms with Crippen molar-refractivity contribution in [3.05, 3.63) is 15.9 Å². The molecule has 2 aromatic heterocycles. The van der Waals surface area contributed by atoms with Crippen LogP contribution >= 0.6 is 39.0 Å². The molecule has 0 aliphatic carbocycles. The Bertz CT molecular complexity index is 781. The molecule has 0 aromatic carbocycles. The van der Waals surface area contributed by atoms with E-state index < -0.39 is 5.97 Å². The number of hydrogen-bond acceptors (Lipinski definition) is 6. The summed E-state index contributed by atoms with van der Waals surface area (Å²) in [6.45, 7) is 8.10. The molecule has 1 aliphatic rings. The fourth-order valence-electron chi connectivity index (χ4n) is 2.81. The van der Waals surface area contributed by atoms with Crippen LogP contribution in [0.5, 0.6) is 0 Å². The molecule has 3 rings (SSSR count). The van der Waals surface area contributed by atoms with E-state index in [0.29, 0.717) is 20.5 Å². The number of thiazole rings is 1. The van der Waals surface area contributed by atoms with Crippen LogP contribution in [0.2, 0.25) is 0 Å². The summed E-state index contributed by atoms with van der Waals surface area (Å²) in [7, 11) is 0. The first-order valence-corrected chi connectivity index (χ1v) is 10.8. The molecule has 136 valence electrons. The molecular weight excluding hydrogens is 424 g/mol. The van der Waals surface area contributed by atoms with Gasteiger partial charge in [-0.3, -0.25) is 0 Å². The Labute approximate surface area is 163 Å². The fourth-order valence-corrected chi connectivity index (χ4v) is 5.71. The Morgan fingerprint density at radius 2 is 2.00 bits per heavy atom. The first kappa shape index (κ1) is 18.7. The van der Waals surface area contributed by atoms with Crippen LogP contribution in [0.15, 0.2) is 8.68 Å². The average Bonchev–Trinajstić information content (AvgIpc) is 3.09. The molecule has 1 N–H and O–H groups in total. The maximum atomic E-state index is 11.7. The van der Waals surface area contributed by atoms with Gasteiger partial charge in [-0.2, -0.15) is 14.8 Å². The predicted octanol–water partition coefficient (Wildman–Crippen LogP) is 4.59. The maximum Gasteiger partial charge on any atom is 0.355 e. The number of carboxylic acids is 1. The molecule has 2 aromatic rings. The topological polar surface area (TPSA) is 71.2 Å². The van der Waals surface area contributed by atoms with Crippen molar-refractivity contribution in [2.45, 2.75) is 49.5 Å². The van der Waals surface area contributed by atoms with Gasteiger partial charge in [0, 0.05) is 18.3 Å². The lowest BCUT2D eigenvalue weighted by Gasteiger charge is -2.27. The van der Waals surface area contributed by atoms with Crippen LogP contribution in [-0.2, 0) is 0 Å². The van der Waals surface area contributed by atoms with Crippen molar-refractivity contribution in [3.8, 4) is 5.13 Å². The second-order valence-corrected chi connectivity index (χ2v) is 9.90. The van der Waals surface area contributed by atoms with E-state index in [9.17, 15) is 9.90 Å². The summed E-state index contributed by atoms with van der Waals surface area (Å²) in [6.07, 6.45) is 3.60. The zero-order valence-corrected chi connectivity index (χ0v) is 17.7. The van der Waals surface area contributed by atoms with Gasteiger partial charge in [-0.25, -0.2) is 4.79 Å². The highest BCUT2D eigenvalue weighted by Crippen LogP contribution is 2.40. The quantitative estimate of drug-likeness (QED) is 0.679. The number of carbonyl (C=O) groups is 1. The van der Waals surface area contributed by atoms with Gasteiger partial charge in [0.15, 0.2) is 11.5 Å². The number of aryl methyl sites for hydroxylation is 1. The number of aromatic carboxylic acids is 1. The Morgan fingerprint density at radius 3 is 2.60 bits per heavy atom. The minimum Gasteiger partial charge on any atom is -0.476 e. The fraction of sp³-hybridized carbons (Fsp3) is 0.562. The molecule has 25 heavy (non-hydrogen) atoms. The van der Waals surface area contributed by atoms with Crippen molar-refractivity contribution >= 4 is 50.8 Å². The first-order valence-electron chi connectivity index (χ1n) is 8.29. The lowest BCUT2D eigenvalue weighted by molar-refractivity contribution is 0.0686. The van der Waals surface area contributed by atoms with Crippen molar-refractivity contribution in [1.82, 2.24) is 14.8 Å². The average molecular weight is 445 g/mol. The molecule has 1 fully saturated rings. The van der Waals surface area contributed by atoms with E-state index in [2.05, 4.69) is 39.8 Å². The summed E-state index contributed by atoms with van der Waals surface area (Å²) in [4.78, 5) is 18.8. The van der Waals surface area contributed by atoms with E-state index in [4.69, 9.17) is 4.98 Å². The maximum absolute atomic E-state index is 11.7. The molecule has 0 radical (unpaired) electrons. The van der Waals surface area contributed by atoms with E-state index in [1.807, 2.05) is 0 Å². The molecule has 0 saturated carbocycles. The summed E-state index contributed by atoms with van der Waals surface area (Å²) < 4.78 is 3.09. The molecule has 0 bridgehead atoms. The lowest BCUT2D eigenvalue weighted by Crippen LogP contribution is -2.30. The predicted molar refractivity (Wildman–Crippen MR) is 106 cm³/mol. The summed E-state index contributed by atoms with van der Waals surface area (Å²) in [5, 5.41) is 15.0. The van der Waals surface area contributed by atoms with Crippen molar-refractivity contribution in [2.24, 2.45) is 0 Å². The number of carboxylic acid groups (broad SMARTS) is 1. The van der Waals surface area contributed by atoms with E-state index in [0.717, 1.165) is 23.1 Å². The Kier molecular flexibility index (Phi) is 5.75. The minimum atomic E-state index is -1.01. The van der Waals surface area contributed by atoms with Gasteiger partial charge in [0.25, 0.3) is 0 Å². The Morgan fingerprint density at radius 1 is 1.32 bits per heavy atom. The van der Waals surface area contributed by atoms with Gasteiger partial charge in [0.1, 0.15) is 4.21 Å². The van der Waals surface area contributed by atoms with E-state index in [-0.39, 0.29) is 5.69 Å². The van der Waals surface area contributed by atoms with Gasteiger partial charge in [-0.15, -0.1) is 11.8 Å². The molecule has 0 spiro atoms. The highest BCUT2D eigenvalue weighted by molar-refractivity contribution is 9.10. The largest absolute Gasteiger partial charge is 0.476 e. The first-order chi connectivity index (χ1) is 11.9. The third-order valence-corrected chi connectivity index (χ3v) is 7.11. The highest BCUT2D eigenvalue weighted by Gasteiger charge is 2.26. The van der Waals surface area contributed by atoms with Crippen molar-refractivity contribution in [3.63, 3.8) is 0 Å². The highest BCUT2D eigenvalue weighted by atomic mass is 79.9. The molecule has 1 saturated heterocycles. The van der Waals surface area contributed by atoms with Crippen LogP contribution in [0.4, 0.5) is 5.82 Å². The lowest BCUT2D eigenvalue weighted by atomic mass is 10.1. The molecule has 1 aliphatic heterocycles. The van der Waals surface area contributed by atoms with Gasteiger partial charge in [-0.1, -0.05) is 25.2 Å². The number of anilines is 1. The third-order valence-electron chi connectivity index (χ3n) is 3.94. The van der Waals surface area contributed by atoms with Crippen LogP contribution in [-0.4, -0.2) is 44.2 Å². The zero-order valence-electron chi connectivity index (χ0n) is 14.5. The molecule has 0 amide bonds. The van der Waals surface area contributed by atoms with Crippen LogP contribution in [0, 0.1) is 6.92 Å². The molecule has 9 heteroatoms. The third kappa shape index (κ3) is 3.88. The van der Waals surface area contributed by atoms with Crippen LogP contribution < -0.4 is 4.90 Å². The van der Waals surface area contributed by atoms with Crippen molar-refractivity contribution in [1.29, 1.82) is 0 Å². The number of aromatic nitrogens is 3. The second kappa shape index (κ2) is 7.67. The number of thioether (sulfide) groups is 1. The number of rotatable bonds is 5. The van der Waals surface area contributed by atoms with Crippen LogP contribution in [0.25, 0.3) is 5.13 Å². The van der Waals surface area contributed by atoms with Gasteiger partial charge >= 0.3 is 5.97 Å². The summed E-state index contributed by atoms with van der Waals surface area (Å²) in [5.74, 6) is -0.0423. The van der Waals surface area contributed by atoms with Crippen LogP contribution in [0.3, 0.4) is 0 Å².